The van der Waals surface area contributed by atoms with Gasteiger partial charge in [0.2, 0.25) is 0 Å². The van der Waals surface area contributed by atoms with Crippen LogP contribution in [0.15, 0.2) is 24.3 Å². The van der Waals surface area contributed by atoms with Gasteiger partial charge in [0.05, 0.1) is 11.1 Å². The van der Waals surface area contributed by atoms with Crippen LogP contribution in [-0.2, 0) is 32.2 Å². The number of benzene rings is 1. The highest BCUT2D eigenvalue weighted by molar-refractivity contribution is 7.77. The fourth-order valence-corrected chi connectivity index (χ4v) is 1.33. The number of rotatable bonds is 6. The van der Waals surface area contributed by atoms with E-state index in [0.29, 0.717) is 0 Å². The van der Waals surface area contributed by atoms with Crippen molar-refractivity contribution < 1.29 is 36.8 Å². The minimum Gasteiger partial charge on any atom is -0.351 e. The quantitative estimate of drug-likeness (QED) is 0.395. The molecule has 0 fully saturated rings. The molecule has 0 amide bonds. The smallest absolute Gasteiger partial charge is 0.351 e. The molecular formula is C8H8N2O8S2. The normalized spacial score (nSPS) is 13.3. The number of carbonyl (C=O) groups is 2. The molecule has 0 aliphatic rings. The Hall–Kier alpha value is -1.70. The molecule has 4 N–H and O–H groups in total. The predicted molar refractivity (Wildman–Crippen MR) is 65.1 cm³/mol. The lowest BCUT2D eigenvalue weighted by Gasteiger charge is -2.04. The molecule has 2 unspecified atom stereocenters. The maximum Gasteiger partial charge on any atom is 0.357 e. The zero-order valence-corrected chi connectivity index (χ0v) is 11.1. The van der Waals surface area contributed by atoms with Crippen LogP contribution in [0, 0.1) is 0 Å². The van der Waals surface area contributed by atoms with Gasteiger partial charge < -0.3 is 9.68 Å². The van der Waals surface area contributed by atoms with Crippen LogP contribution < -0.4 is 9.77 Å². The molecule has 0 aliphatic carbocycles. The maximum absolute atomic E-state index is 11.4. The van der Waals surface area contributed by atoms with Crippen LogP contribution in [0.5, 0.6) is 0 Å². The van der Waals surface area contributed by atoms with Gasteiger partial charge in [-0.15, -0.1) is 0 Å². The zero-order chi connectivity index (χ0) is 15.1. The summed E-state index contributed by atoms with van der Waals surface area (Å²) >= 11 is -5.08. The average molecular weight is 324 g/mol. The van der Waals surface area contributed by atoms with Gasteiger partial charge in [-0.2, -0.15) is 0 Å². The second kappa shape index (κ2) is 7.78. The van der Waals surface area contributed by atoms with Crippen molar-refractivity contribution in [2.45, 2.75) is 0 Å². The third-order valence-electron chi connectivity index (χ3n) is 1.75. The van der Waals surface area contributed by atoms with Gasteiger partial charge in [-0.1, -0.05) is 6.07 Å². The molecule has 10 nitrogen and oxygen atoms in total. The zero-order valence-electron chi connectivity index (χ0n) is 9.47. The van der Waals surface area contributed by atoms with E-state index in [1.807, 2.05) is 0 Å². The molecule has 20 heavy (non-hydrogen) atoms. The summed E-state index contributed by atoms with van der Waals surface area (Å²) in [5.74, 6) is -2.03. The van der Waals surface area contributed by atoms with E-state index >= 15 is 0 Å². The van der Waals surface area contributed by atoms with Crippen LogP contribution in [0.2, 0.25) is 0 Å². The number of nitrogens with one attached hydrogen (secondary N) is 2. The third-order valence-corrected chi connectivity index (χ3v) is 2.20. The largest absolute Gasteiger partial charge is 0.357 e. The Bertz CT molecular complexity index is 518. The van der Waals surface area contributed by atoms with E-state index < -0.39 is 34.5 Å². The second-order valence-corrected chi connectivity index (χ2v) is 4.35. The summed E-state index contributed by atoms with van der Waals surface area (Å²) in [4.78, 5) is 34.3. The topological polar surface area (TPSA) is 151 Å². The monoisotopic (exact) mass is 324 g/mol. The van der Waals surface area contributed by atoms with E-state index in [1.165, 1.54) is 28.0 Å². The van der Waals surface area contributed by atoms with Gasteiger partial charge in [0.25, 0.3) is 22.5 Å². The Labute approximate surface area is 117 Å². The molecule has 1 rings (SSSR count). The molecule has 1 aromatic rings. The van der Waals surface area contributed by atoms with Gasteiger partial charge in [0, 0.05) is 0 Å². The lowest BCUT2D eigenvalue weighted by Crippen LogP contribution is -2.23. The van der Waals surface area contributed by atoms with Crippen LogP contribution >= 0.6 is 0 Å². The van der Waals surface area contributed by atoms with Crippen molar-refractivity contribution in [3.63, 3.8) is 0 Å². The van der Waals surface area contributed by atoms with Gasteiger partial charge >= 0.3 is 11.9 Å². The van der Waals surface area contributed by atoms with E-state index in [1.54, 1.807) is 0 Å². The summed E-state index contributed by atoms with van der Waals surface area (Å²) in [5.41, 5.74) is -0.218. The van der Waals surface area contributed by atoms with E-state index in [0.717, 1.165) is 6.07 Å². The highest BCUT2D eigenvalue weighted by Gasteiger charge is 2.14. The standard InChI is InChI=1S/C8H8N2O8S2/c11-7(17-9-19(13)14)5-2-1-3-6(4-5)8(12)18-10-20(15)16/h1-4,9-10H,(H,13,14)(H,15,16). The van der Waals surface area contributed by atoms with E-state index in [4.69, 9.17) is 9.11 Å². The first-order valence-electron chi connectivity index (χ1n) is 4.65. The van der Waals surface area contributed by atoms with Crippen LogP contribution in [-0.4, -0.2) is 29.5 Å². The molecule has 0 saturated carbocycles. The minimum atomic E-state index is -2.54. The Kier molecular flexibility index (Phi) is 6.37. The predicted octanol–water partition coefficient (Wildman–Crippen LogP) is -0.717. The lowest BCUT2D eigenvalue weighted by molar-refractivity contribution is 0.0401. The van der Waals surface area contributed by atoms with Crippen LogP contribution in [0.3, 0.4) is 0 Å². The molecule has 1 aromatic carbocycles. The summed E-state index contributed by atoms with van der Waals surface area (Å²) in [6.45, 7) is 0. The van der Waals surface area contributed by atoms with E-state index in [9.17, 15) is 18.0 Å². The van der Waals surface area contributed by atoms with Gasteiger partial charge in [-0.05, 0) is 28.0 Å². The minimum absolute atomic E-state index is 0.109. The van der Waals surface area contributed by atoms with Gasteiger partial charge in [-0.25, -0.2) is 18.0 Å². The summed E-state index contributed by atoms with van der Waals surface area (Å²) in [5, 5.41) is 0. The maximum atomic E-state index is 11.4. The first-order valence-corrected chi connectivity index (χ1v) is 6.87. The van der Waals surface area contributed by atoms with Gasteiger partial charge in [0.1, 0.15) is 0 Å². The summed E-state index contributed by atoms with van der Waals surface area (Å²) in [6.07, 6.45) is 0. The van der Waals surface area contributed by atoms with Crippen molar-refractivity contribution in [1.82, 2.24) is 9.77 Å². The Morgan fingerprint density at radius 2 is 1.35 bits per heavy atom. The third kappa shape index (κ3) is 5.52. The number of hydrogen-bond acceptors (Lipinski definition) is 6. The molecule has 0 spiro atoms. The second-order valence-electron chi connectivity index (χ2n) is 3.02. The Morgan fingerprint density at radius 1 is 0.950 bits per heavy atom. The van der Waals surface area contributed by atoms with Gasteiger partial charge in [0.15, 0.2) is 0 Å². The lowest BCUT2D eigenvalue weighted by atomic mass is 10.1. The molecule has 0 aliphatic heterocycles. The van der Waals surface area contributed by atoms with Crippen molar-refractivity contribution in [2.24, 2.45) is 0 Å². The van der Waals surface area contributed by atoms with Crippen LogP contribution in [0.25, 0.3) is 0 Å². The highest BCUT2D eigenvalue weighted by atomic mass is 32.2. The summed E-state index contributed by atoms with van der Waals surface area (Å²) < 4.78 is 37.2. The molecular weight excluding hydrogens is 316 g/mol. The fraction of sp³-hybridized carbons (Fsp3) is 0. The van der Waals surface area contributed by atoms with E-state index in [-0.39, 0.29) is 11.1 Å². The Morgan fingerprint density at radius 3 is 1.70 bits per heavy atom. The molecule has 0 aromatic heterocycles. The molecule has 110 valence electrons. The summed E-state index contributed by atoms with van der Waals surface area (Å²) in [7, 11) is 0. The van der Waals surface area contributed by atoms with Crippen LogP contribution in [0.4, 0.5) is 0 Å². The van der Waals surface area contributed by atoms with Crippen LogP contribution in [0.1, 0.15) is 20.7 Å². The average Bonchev–Trinajstić information content (AvgIpc) is 2.42. The molecule has 2 atom stereocenters. The first kappa shape index (κ1) is 16.4. The van der Waals surface area contributed by atoms with Crippen molar-refractivity contribution >= 4 is 34.5 Å². The molecule has 0 radical (unpaired) electrons. The molecule has 12 heteroatoms. The SMILES string of the molecule is O=C(ONS(=O)O)c1cccc(C(=O)ONS(=O)O)c1. The number of hydrogen-bond donors (Lipinski definition) is 4. The first-order chi connectivity index (χ1) is 9.40. The Balaban J connectivity index is 2.74. The van der Waals surface area contributed by atoms with E-state index in [2.05, 4.69) is 9.68 Å². The van der Waals surface area contributed by atoms with Crippen molar-refractivity contribution in [3.05, 3.63) is 35.4 Å². The van der Waals surface area contributed by atoms with Crippen molar-refractivity contribution in [1.29, 1.82) is 0 Å². The van der Waals surface area contributed by atoms with Crippen molar-refractivity contribution in [3.8, 4) is 0 Å². The highest BCUT2D eigenvalue weighted by Crippen LogP contribution is 2.07. The summed E-state index contributed by atoms with van der Waals surface area (Å²) in [6, 6.07) is 4.94. The number of carbonyl (C=O) groups excluding carboxylic acids is 2. The molecule has 0 heterocycles. The molecule has 0 bridgehead atoms. The van der Waals surface area contributed by atoms with Gasteiger partial charge in [-0.3, -0.25) is 9.11 Å². The molecule has 0 saturated heterocycles. The fourth-order valence-electron chi connectivity index (χ4n) is 1.04. The van der Waals surface area contributed by atoms with Crippen molar-refractivity contribution in [2.75, 3.05) is 0 Å².